The van der Waals surface area contributed by atoms with Gasteiger partial charge in [0.2, 0.25) is 17.7 Å². The minimum Gasteiger partial charge on any atom is -0.493 e. The molecule has 0 bridgehead atoms. The lowest BCUT2D eigenvalue weighted by molar-refractivity contribution is -0.144. The first-order valence-corrected chi connectivity index (χ1v) is 12.1. The first-order chi connectivity index (χ1) is 17.5. The van der Waals surface area contributed by atoms with Crippen molar-refractivity contribution in [3.63, 3.8) is 0 Å². The molecule has 190 valence electrons. The molecule has 2 aliphatic rings. The largest absolute Gasteiger partial charge is 0.493 e. The Morgan fingerprint density at radius 3 is 2.39 bits per heavy atom. The topological polar surface area (TPSA) is 91.4 Å². The van der Waals surface area contributed by atoms with Crippen molar-refractivity contribution in [2.75, 3.05) is 58.4 Å². The molecule has 0 aromatic heterocycles. The van der Waals surface area contributed by atoms with Crippen LogP contribution in [0.2, 0.25) is 0 Å². The first-order valence-electron chi connectivity index (χ1n) is 12.1. The van der Waals surface area contributed by atoms with Crippen molar-refractivity contribution in [3.8, 4) is 11.5 Å². The second-order valence-corrected chi connectivity index (χ2v) is 8.69. The minimum absolute atomic E-state index is 0.0346. The molecule has 2 heterocycles. The highest BCUT2D eigenvalue weighted by Crippen LogP contribution is 2.28. The fourth-order valence-electron chi connectivity index (χ4n) is 4.55. The number of amides is 3. The average Bonchev–Trinajstić information content (AvgIpc) is 2.93. The fraction of sp³-hybridized carbons (Fsp3) is 0.370. The number of para-hydroxylation sites is 1. The number of hydrogen-bond acceptors (Lipinski definition) is 6. The lowest BCUT2D eigenvalue weighted by Crippen LogP contribution is -2.59. The number of anilines is 1. The zero-order valence-corrected chi connectivity index (χ0v) is 20.7. The molecular formula is C27H32N4O5. The number of nitrogens with one attached hydrogen (secondary N) is 1. The van der Waals surface area contributed by atoms with Crippen LogP contribution in [0.3, 0.4) is 0 Å². The highest BCUT2D eigenvalue weighted by atomic mass is 16.5. The Labute approximate surface area is 211 Å². The molecule has 9 nitrogen and oxygen atoms in total. The number of piperazine rings is 2. The summed E-state index contributed by atoms with van der Waals surface area (Å²) in [5.74, 6) is 0.417. The van der Waals surface area contributed by atoms with Gasteiger partial charge in [-0.05, 0) is 35.9 Å². The van der Waals surface area contributed by atoms with Crippen molar-refractivity contribution in [3.05, 3.63) is 60.2 Å². The number of ether oxygens (including phenoxy) is 2. The second kappa shape index (κ2) is 11.6. The van der Waals surface area contributed by atoms with Gasteiger partial charge in [0, 0.05) is 51.0 Å². The predicted octanol–water partition coefficient (Wildman–Crippen LogP) is 1.78. The Hall–Kier alpha value is -4.01. The minimum atomic E-state index is -0.832. The average molecular weight is 493 g/mol. The van der Waals surface area contributed by atoms with Crippen LogP contribution in [0.15, 0.2) is 54.6 Å². The summed E-state index contributed by atoms with van der Waals surface area (Å²) in [5, 5.41) is 2.79. The van der Waals surface area contributed by atoms with E-state index in [0.717, 1.165) is 24.3 Å². The Morgan fingerprint density at radius 1 is 0.972 bits per heavy atom. The van der Waals surface area contributed by atoms with Gasteiger partial charge in [-0.1, -0.05) is 24.3 Å². The third-order valence-electron chi connectivity index (χ3n) is 6.56. The van der Waals surface area contributed by atoms with Crippen LogP contribution in [-0.4, -0.2) is 87.1 Å². The van der Waals surface area contributed by atoms with E-state index in [1.807, 2.05) is 24.3 Å². The quantitative estimate of drug-likeness (QED) is 0.593. The van der Waals surface area contributed by atoms with Crippen LogP contribution >= 0.6 is 0 Å². The van der Waals surface area contributed by atoms with Gasteiger partial charge in [0.15, 0.2) is 11.5 Å². The smallest absolute Gasteiger partial charge is 0.247 e. The van der Waals surface area contributed by atoms with E-state index in [2.05, 4.69) is 22.3 Å². The number of benzene rings is 2. The van der Waals surface area contributed by atoms with Crippen LogP contribution in [0, 0.1) is 0 Å². The Morgan fingerprint density at radius 2 is 1.69 bits per heavy atom. The predicted molar refractivity (Wildman–Crippen MR) is 137 cm³/mol. The van der Waals surface area contributed by atoms with E-state index in [4.69, 9.17) is 9.47 Å². The summed E-state index contributed by atoms with van der Waals surface area (Å²) in [6.07, 6.45) is 3.06. The van der Waals surface area contributed by atoms with Crippen LogP contribution in [0.4, 0.5) is 5.69 Å². The lowest BCUT2D eigenvalue weighted by atomic mass is 10.1. The molecule has 0 spiro atoms. The SMILES string of the molecule is COc1ccc(/C=C/C(=O)N2CCNC(=O)C2CC(=O)N2CCN(c3ccccc3)CC2)cc1OC. The van der Waals surface area contributed by atoms with Crippen molar-refractivity contribution < 1.29 is 23.9 Å². The summed E-state index contributed by atoms with van der Waals surface area (Å²) in [5.41, 5.74) is 1.89. The second-order valence-electron chi connectivity index (χ2n) is 8.69. The monoisotopic (exact) mass is 492 g/mol. The molecule has 1 N–H and O–H groups in total. The molecular weight excluding hydrogens is 460 g/mol. The fourth-order valence-corrected chi connectivity index (χ4v) is 4.55. The van der Waals surface area contributed by atoms with Gasteiger partial charge in [0.25, 0.3) is 0 Å². The summed E-state index contributed by atoms with van der Waals surface area (Å²) < 4.78 is 10.6. The van der Waals surface area contributed by atoms with E-state index in [1.165, 1.54) is 11.0 Å². The van der Waals surface area contributed by atoms with Crippen molar-refractivity contribution in [1.82, 2.24) is 15.1 Å². The zero-order valence-electron chi connectivity index (χ0n) is 20.7. The molecule has 2 aromatic carbocycles. The van der Waals surface area contributed by atoms with Crippen molar-refractivity contribution >= 4 is 29.5 Å². The van der Waals surface area contributed by atoms with Gasteiger partial charge in [0.1, 0.15) is 6.04 Å². The van der Waals surface area contributed by atoms with Crippen molar-refractivity contribution in [2.24, 2.45) is 0 Å². The van der Waals surface area contributed by atoms with Gasteiger partial charge < -0.3 is 29.5 Å². The van der Waals surface area contributed by atoms with Gasteiger partial charge in [-0.25, -0.2) is 0 Å². The van der Waals surface area contributed by atoms with Crippen LogP contribution in [0.1, 0.15) is 12.0 Å². The summed E-state index contributed by atoms with van der Waals surface area (Å²) in [6.45, 7) is 3.31. The number of hydrogen-bond donors (Lipinski definition) is 1. The van der Waals surface area contributed by atoms with E-state index in [9.17, 15) is 14.4 Å². The van der Waals surface area contributed by atoms with E-state index >= 15 is 0 Å². The zero-order chi connectivity index (χ0) is 25.5. The maximum Gasteiger partial charge on any atom is 0.247 e. The Kier molecular flexibility index (Phi) is 8.10. The van der Waals surface area contributed by atoms with Gasteiger partial charge in [0.05, 0.1) is 20.6 Å². The molecule has 0 aliphatic carbocycles. The van der Waals surface area contributed by atoms with E-state index in [0.29, 0.717) is 37.7 Å². The summed E-state index contributed by atoms with van der Waals surface area (Å²) in [6, 6.07) is 14.6. The molecule has 0 saturated carbocycles. The van der Waals surface area contributed by atoms with E-state index < -0.39 is 6.04 Å². The molecule has 9 heteroatoms. The third-order valence-corrected chi connectivity index (χ3v) is 6.56. The molecule has 4 rings (SSSR count). The standard InChI is InChI=1S/C27H32N4O5/c1-35-23-10-8-20(18-24(23)36-2)9-11-25(32)31-13-12-28-27(34)22(31)19-26(33)30-16-14-29(15-17-30)21-6-4-3-5-7-21/h3-11,18,22H,12-17,19H2,1-2H3,(H,28,34)/b11-9+. The Bertz CT molecular complexity index is 1110. The molecule has 1 atom stereocenters. The number of rotatable bonds is 7. The molecule has 2 fully saturated rings. The number of carbonyl (C=O) groups is 3. The summed E-state index contributed by atoms with van der Waals surface area (Å²) in [7, 11) is 3.11. The lowest BCUT2D eigenvalue weighted by Gasteiger charge is -2.38. The van der Waals surface area contributed by atoms with Crippen molar-refractivity contribution in [2.45, 2.75) is 12.5 Å². The number of nitrogens with zero attached hydrogens (tertiary/aromatic N) is 3. The highest BCUT2D eigenvalue weighted by molar-refractivity contribution is 5.98. The van der Waals surface area contributed by atoms with E-state index in [-0.39, 0.29) is 24.1 Å². The van der Waals surface area contributed by atoms with Crippen LogP contribution in [0.25, 0.3) is 6.08 Å². The maximum atomic E-state index is 13.1. The van der Waals surface area contributed by atoms with Gasteiger partial charge in [-0.15, -0.1) is 0 Å². The normalized spacial score (nSPS) is 18.2. The van der Waals surface area contributed by atoms with Crippen LogP contribution in [0.5, 0.6) is 11.5 Å². The molecule has 0 radical (unpaired) electrons. The summed E-state index contributed by atoms with van der Waals surface area (Å²) >= 11 is 0. The Balaban J connectivity index is 1.38. The van der Waals surface area contributed by atoms with Crippen molar-refractivity contribution in [1.29, 1.82) is 0 Å². The molecule has 3 amide bonds. The molecule has 2 aliphatic heterocycles. The van der Waals surface area contributed by atoms with Gasteiger partial charge in [-0.3, -0.25) is 14.4 Å². The highest BCUT2D eigenvalue weighted by Gasteiger charge is 2.35. The summed E-state index contributed by atoms with van der Waals surface area (Å²) in [4.78, 5) is 44.3. The van der Waals surface area contributed by atoms with Crippen LogP contribution < -0.4 is 19.7 Å². The van der Waals surface area contributed by atoms with Gasteiger partial charge >= 0.3 is 0 Å². The number of carbonyl (C=O) groups excluding carboxylic acids is 3. The molecule has 1 unspecified atom stereocenters. The van der Waals surface area contributed by atoms with E-state index in [1.54, 1.807) is 37.3 Å². The first kappa shape index (κ1) is 25.1. The van der Waals surface area contributed by atoms with Gasteiger partial charge in [-0.2, -0.15) is 0 Å². The maximum absolute atomic E-state index is 13.1. The molecule has 2 saturated heterocycles. The van der Waals surface area contributed by atoms with Crippen LogP contribution in [-0.2, 0) is 14.4 Å². The molecule has 2 aromatic rings. The molecule has 36 heavy (non-hydrogen) atoms. The number of methoxy groups -OCH3 is 2. The third kappa shape index (κ3) is 5.79.